The van der Waals surface area contributed by atoms with Crippen molar-refractivity contribution in [2.24, 2.45) is 5.92 Å². The summed E-state index contributed by atoms with van der Waals surface area (Å²) in [5.74, 6) is 0.891. The predicted octanol–water partition coefficient (Wildman–Crippen LogP) is 3.66. The van der Waals surface area contributed by atoms with Gasteiger partial charge in [0.2, 0.25) is 0 Å². The van der Waals surface area contributed by atoms with Crippen molar-refractivity contribution < 1.29 is 8.91 Å². The molecule has 116 valence electrons. The lowest BCUT2D eigenvalue weighted by atomic mass is 9.77. The molecule has 1 saturated carbocycles. The zero-order valence-corrected chi connectivity index (χ0v) is 12.9. The van der Waals surface area contributed by atoms with E-state index in [0.29, 0.717) is 34.3 Å². The van der Waals surface area contributed by atoms with E-state index in [9.17, 15) is 4.39 Å². The van der Waals surface area contributed by atoms with Crippen molar-refractivity contribution in [1.82, 2.24) is 10.1 Å². The van der Waals surface area contributed by atoms with Crippen LogP contribution in [0.2, 0.25) is 5.02 Å². The van der Waals surface area contributed by atoms with Gasteiger partial charge in [-0.05, 0) is 50.8 Å². The first-order valence-corrected chi connectivity index (χ1v) is 8.31. The van der Waals surface area contributed by atoms with Crippen molar-refractivity contribution in [3.63, 3.8) is 0 Å². The SMILES string of the molecule is Fc1cc2c(N[C@H]3C4CCN(CC4)C34CC4)noc2cc1Cl. The van der Waals surface area contributed by atoms with E-state index >= 15 is 0 Å². The summed E-state index contributed by atoms with van der Waals surface area (Å²) in [6, 6.07) is 3.30. The molecule has 1 aromatic carbocycles. The summed E-state index contributed by atoms with van der Waals surface area (Å²) in [5, 5.41) is 8.44. The van der Waals surface area contributed by atoms with Crippen molar-refractivity contribution in [3.8, 4) is 0 Å². The van der Waals surface area contributed by atoms with Crippen LogP contribution in [0.15, 0.2) is 16.7 Å². The molecular formula is C16H17ClFN3O. The maximum absolute atomic E-state index is 13.8. The molecule has 6 heteroatoms. The molecule has 3 saturated heterocycles. The molecule has 1 aliphatic carbocycles. The maximum Gasteiger partial charge on any atom is 0.177 e. The third-order valence-electron chi connectivity index (χ3n) is 5.79. The van der Waals surface area contributed by atoms with Crippen LogP contribution in [0.4, 0.5) is 10.2 Å². The van der Waals surface area contributed by atoms with Gasteiger partial charge in [-0.15, -0.1) is 0 Å². The number of aromatic nitrogens is 1. The number of nitrogens with one attached hydrogen (secondary N) is 1. The van der Waals surface area contributed by atoms with Crippen LogP contribution in [0.3, 0.4) is 0 Å². The number of hydrogen-bond donors (Lipinski definition) is 1. The van der Waals surface area contributed by atoms with Gasteiger partial charge in [0.25, 0.3) is 0 Å². The first-order valence-electron chi connectivity index (χ1n) is 7.93. The van der Waals surface area contributed by atoms with Crippen LogP contribution in [0.25, 0.3) is 11.0 Å². The van der Waals surface area contributed by atoms with Gasteiger partial charge in [-0.2, -0.15) is 0 Å². The Labute approximate surface area is 132 Å². The van der Waals surface area contributed by atoms with Crippen molar-refractivity contribution in [3.05, 3.63) is 23.0 Å². The van der Waals surface area contributed by atoms with Crippen LogP contribution < -0.4 is 5.32 Å². The Morgan fingerprint density at radius 1 is 1.32 bits per heavy atom. The van der Waals surface area contributed by atoms with Gasteiger partial charge in [0.1, 0.15) is 5.82 Å². The molecule has 3 aliphatic heterocycles. The molecule has 4 heterocycles. The topological polar surface area (TPSA) is 41.3 Å². The first-order chi connectivity index (χ1) is 10.7. The molecule has 0 radical (unpaired) electrons. The van der Waals surface area contributed by atoms with Crippen LogP contribution >= 0.6 is 11.6 Å². The van der Waals surface area contributed by atoms with Crippen LogP contribution in [-0.2, 0) is 0 Å². The lowest BCUT2D eigenvalue weighted by Gasteiger charge is -2.52. The van der Waals surface area contributed by atoms with Gasteiger partial charge >= 0.3 is 0 Å². The maximum atomic E-state index is 13.8. The largest absolute Gasteiger partial charge is 0.362 e. The number of nitrogens with zero attached hydrogens (tertiary/aromatic N) is 2. The smallest absolute Gasteiger partial charge is 0.177 e. The van der Waals surface area contributed by atoms with Crippen molar-refractivity contribution in [2.45, 2.75) is 37.3 Å². The van der Waals surface area contributed by atoms with Crippen molar-refractivity contribution in [1.29, 1.82) is 0 Å². The van der Waals surface area contributed by atoms with E-state index in [4.69, 9.17) is 16.1 Å². The number of anilines is 1. The number of benzene rings is 1. The molecule has 4 aliphatic rings. The lowest BCUT2D eigenvalue weighted by molar-refractivity contribution is 0.0202. The summed E-state index contributed by atoms with van der Waals surface area (Å²) < 4.78 is 19.1. The van der Waals surface area contributed by atoms with Gasteiger partial charge in [0.05, 0.1) is 10.4 Å². The third kappa shape index (κ3) is 1.69. The summed E-state index contributed by atoms with van der Waals surface area (Å²) >= 11 is 5.81. The Morgan fingerprint density at radius 2 is 2.09 bits per heavy atom. The second kappa shape index (κ2) is 4.36. The fraction of sp³-hybridized carbons (Fsp3) is 0.562. The molecule has 22 heavy (non-hydrogen) atoms. The van der Waals surface area contributed by atoms with Crippen molar-refractivity contribution >= 4 is 28.4 Å². The first kappa shape index (κ1) is 13.1. The Bertz CT molecular complexity index is 749. The highest BCUT2D eigenvalue weighted by molar-refractivity contribution is 6.31. The summed E-state index contributed by atoms with van der Waals surface area (Å²) in [7, 11) is 0. The Hall–Kier alpha value is -1.33. The fourth-order valence-electron chi connectivity index (χ4n) is 4.51. The summed E-state index contributed by atoms with van der Waals surface area (Å²) in [6.07, 6.45) is 4.96. The van der Waals surface area contributed by atoms with E-state index in [0.717, 1.165) is 0 Å². The number of piperidine rings is 3. The van der Waals surface area contributed by atoms with Gasteiger partial charge in [-0.1, -0.05) is 16.8 Å². The number of halogens is 2. The summed E-state index contributed by atoms with van der Waals surface area (Å²) in [6.45, 7) is 2.43. The molecule has 4 fully saturated rings. The minimum atomic E-state index is -0.435. The molecule has 6 rings (SSSR count). The number of fused-ring (bicyclic) bond motifs is 3. The quantitative estimate of drug-likeness (QED) is 0.916. The molecule has 2 aromatic rings. The van der Waals surface area contributed by atoms with E-state index < -0.39 is 5.82 Å². The van der Waals surface area contributed by atoms with E-state index in [-0.39, 0.29) is 5.02 Å². The minimum absolute atomic E-state index is 0.0664. The Morgan fingerprint density at radius 3 is 2.82 bits per heavy atom. The number of hydrogen-bond acceptors (Lipinski definition) is 4. The zero-order chi connectivity index (χ0) is 14.9. The average molecular weight is 322 g/mol. The van der Waals surface area contributed by atoms with E-state index in [1.54, 1.807) is 0 Å². The van der Waals surface area contributed by atoms with Gasteiger partial charge < -0.3 is 9.84 Å². The standard InChI is InChI=1S/C16H17ClFN3O/c17-11-8-13-10(7-12(11)18)15(20-22-13)19-14-9-1-5-21(6-2-9)16(14)3-4-16/h7-9,14H,1-6H2,(H,19,20)/t14-/m0/s1. The monoisotopic (exact) mass is 321 g/mol. The van der Waals surface area contributed by atoms with Gasteiger partial charge in [-0.3, -0.25) is 4.90 Å². The highest BCUT2D eigenvalue weighted by Gasteiger charge is 2.60. The van der Waals surface area contributed by atoms with E-state index in [2.05, 4.69) is 15.4 Å². The second-order valence-corrected chi connectivity index (χ2v) is 7.25. The average Bonchev–Trinajstić information content (AvgIpc) is 3.22. The van der Waals surface area contributed by atoms with Crippen LogP contribution in [0.1, 0.15) is 25.7 Å². The molecule has 4 nitrogen and oxygen atoms in total. The van der Waals surface area contributed by atoms with Crippen LogP contribution in [0, 0.1) is 11.7 Å². The Kier molecular flexibility index (Phi) is 2.60. The minimum Gasteiger partial charge on any atom is -0.362 e. The van der Waals surface area contributed by atoms with Crippen molar-refractivity contribution in [2.75, 3.05) is 18.4 Å². The molecule has 1 N–H and O–H groups in total. The molecule has 0 amide bonds. The number of rotatable bonds is 2. The molecule has 2 bridgehead atoms. The molecule has 1 spiro atoms. The summed E-state index contributed by atoms with van der Waals surface area (Å²) in [4.78, 5) is 2.63. The van der Waals surface area contributed by atoms with Gasteiger partial charge in [0, 0.05) is 17.6 Å². The zero-order valence-electron chi connectivity index (χ0n) is 12.1. The molecular weight excluding hydrogens is 305 g/mol. The molecule has 1 atom stereocenters. The second-order valence-electron chi connectivity index (χ2n) is 6.84. The lowest BCUT2D eigenvalue weighted by Crippen LogP contribution is -2.62. The van der Waals surface area contributed by atoms with E-state index in [1.807, 2.05) is 0 Å². The normalized spacial score (nSPS) is 31.8. The predicted molar refractivity (Wildman–Crippen MR) is 82.6 cm³/mol. The van der Waals surface area contributed by atoms with Crippen LogP contribution in [0.5, 0.6) is 0 Å². The highest BCUT2D eigenvalue weighted by Crippen LogP contribution is 2.54. The highest BCUT2D eigenvalue weighted by atomic mass is 35.5. The molecule has 1 aromatic heterocycles. The Balaban J connectivity index is 1.52. The van der Waals surface area contributed by atoms with Gasteiger partial charge in [0.15, 0.2) is 11.4 Å². The van der Waals surface area contributed by atoms with E-state index in [1.165, 1.54) is 50.9 Å². The summed E-state index contributed by atoms with van der Waals surface area (Å²) in [5.41, 5.74) is 0.831. The van der Waals surface area contributed by atoms with Gasteiger partial charge in [-0.25, -0.2) is 4.39 Å². The third-order valence-corrected chi connectivity index (χ3v) is 6.08. The van der Waals surface area contributed by atoms with Crippen LogP contribution in [-0.4, -0.2) is 34.7 Å². The fourth-order valence-corrected chi connectivity index (χ4v) is 4.66. The molecule has 0 unspecified atom stereocenters.